The quantitative estimate of drug-likeness (QED) is 0.802. The molecule has 6 heteroatoms. The fourth-order valence-corrected chi connectivity index (χ4v) is 2.30. The molecule has 0 aromatic heterocycles. The summed E-state index contributed by atoms with van der Waals surface area (Å²) >= 11 is 3.30. The van der Waals surface area contributed by atoms with Gasteiger partial charge in [0.1, 0.15) is 0 Å². The number of amides is 1. The molecule has 2 aromatic rings. The number of hydrogen-bond acceptors (Lipinski definition) is 1. The molecule has 0 fully saturated rings. The third-order valence-corrected chi connectivity index (χ3v) is 3.40. The van der Waals surface area contributed by atoms with Gasteiger partial charge in [-0.1, -0.05) is 15.9 Å². The lowest BCUT2D eigenvalue weighted by atomic mass is 10.1. The molecule has 0 aliphatic heterocycles. The van der Waals surface area contributed by atoms with E-state index in [1.165, 1.54) is 12.1 Å². The number of halogens is 4. The van der Waals surface area contributed by atoms with Crippen LogP contribution >= 0.6 is 15.9 Å². The highest BCUT2D eigenvalue weighted by Gasteiger charge is 2.30. The van der Waals surface area contributed by atoms with Crippen molar-refractivity contribution in [2.45, 2.75) is 13.1 Å². The first-order valence-electron chi connectivity index (χ1n) is 6.02. The van der Waals surface area contributed by atoms with Gasteiger partial charge in [0, 0.05) is 15.7 Å². The van der Waals surface area contributed by atoms with Gasteiger partial charge < -0.3 is 5.32 Å². The molecule has 0 aliphatic carbocycles. The van der Waals surface area contributed by atoms with E-state index in [1.807, 2.05) is 0 Å². The Kier molecular flexibility index (Phi) is 4.37. The van der Waals surface area contributed by atoms with Gasteiger partial charge in [0.2, 0.25) is 0 Å². The first-order valence-corrected chi connectivity index (χ1v) is 6.81. The summed E-state index contributed by atoms with van der Waals surface area (Å²) in [5.74, 6) is -0.361. The van der Waals surface area contributed by atoms with Crippen LogP contribution in [-0.2, 0) is 6.18 Å². The van der Waals surface area contributed by atoms with Crippen LogP contribution in [0.25, 0.3) is 0 Å². The zero-order chi connectivity index (χ0) is 15.6. The Bertz CT molecular complexity index is 666. The van der Waals surface area contributed by atoms with Gasteiger partial charge in [-0.15, -0.1) is 0 Å². The van der Waals surface area contributed by atoms with Crippen LogP contribution in [0.3, 0.4) is 0 Å². The van der Waals surface area contributed by atoms with Crippen molar-refractivity contribution < 1.29 is 18.0 Å². The third kappa shape index (κ3) is 3.85. The Balaban J connectivity index is 2.16. The van der Waals surface area contributed by atoms with E-state index in [1.54, 1.807) is 25.1 Å². The molecular weight excluding hydrogens is 347 g/mol. The average Bonchev–Trinajstić information content (AvgIpc) is 2.38. The minimum atomic E-state index is -4.38. The van der Waals surface area contributed by atoms with Crippen LogP contribution in [0.5, 0.6) is 0 Å². The predicted octanol–water partition coefficient (Wildman–Crippen LogP) is 5.03. The Morgan fingerprint density at radius 3 is 2.24 bits per heavy atom. The SMILES string of the molecule is Cc1cc(Br)ccc1C(=O)Nc1ccc(C(F)(F)F)cc1. The Morgan fingerprint density at radius 1 is 1.10 bits per heavy atom. The molecule has 2 nitrogen and oxygen atoms in total. The van der Waals surface area contributed by atoms with Crippen molar-refractivity contribution >= 4 is 27.5 Å². The maximum absolute atomic E-state index is 12.4. The van der Waals surface area contributed by atoms with Crippen LogP contribution < -0.4 is 5.32 Å². The van der Waals surface area contributed by atoms with Crippen molar-refractivity contribution in [3.63, 3.8) is 0 Å². The number of benzene rings is 2. The van der Waals surface area contributed by atoms with Gasteiger partial charge in [-0.2, -0.15) is 13.2 Å². The van der Waals surface area contributed by atoms with Crippen molar-refractivity contribution in [3.8, 4) is 0 Å². The predicted molar refractivity (Wildman–Crippen MR) is 78.3 cm³/mol. The van der Waals surface area contributed by atoms with Crippen molar-refractivity contribution in [1.29, 1.82) is 0 Å². The lowest BCUT2D eigenvalue weighted by Crippen LogP contribution is -2.13. The second-order valence-corrected chi connectivity index (χ2v) is 5.40. The van der Waals surface area contributed by atoms with Gasteiger partial charge in [-0.3, -0.25) is 4.79 Å². The largest absolute Gasteiger partial charge is 0.416 e. The van der Waals surface area contributed by atoms with E-state index in [0.29, 0.717) is 11.3 Å². The number of carbonyl (C=O) groups excluding carboxylic acids is 1. The number of anilines is 1. The summed E-state index contributed by atoms with van der Waals surface area (Å²) < 4.78 is 38.2. The smallest absolute Gasteiger partial charge is 0.322 e. The maximum atomic E-state index is 12.4. The Hall–Kier alpha value is -1.82. The van der Waals surface area contributed by atoms with Gasteiger partial charge in [0.15, 0.2) is 0 Å². The van der Waals surface area contributed by atoms with Crippen LogP contribution in [0.15, 0.2) is 46.9 Å². The fraction of sp³-hybridized carbons (Fsp3) is 0.133. The topological polar surface area (TPSA) is 29.1 Å². The zero-order valence-corrected chi connectivity index (χ0v) is 12.5. The van der Waals surface area contributed by atoms with Crippen LogP contribution in [0, 0.1) is 6.92 Å². The molecule has 0 saturated carbocycles. The summed E-state index contributed by atoms with van der Waals surface area (Å²) in [6.07, 6.45) is -4.38. The third-order valence-electron chi connectivity index (χ3n) is 2.90. The van der Waals surface area contributed by atoms with E-state index in [-0.39, 0.29) is 5.91 Å². The average molecular weight is 358 g/mol. The van der Waals surface area contributed by atoms with Gasteiger partial charge >= 0.3 is 6.18 Å². The highest BCUT2D eigenvalue weighted by atomic mass is 79.9. The molecule has 1 N–H and O–H groups in total. The summed E-state index contributed by atoms with van der Waals surface area (Å²) in [6.45, 7) is 1.78. The molecule has 0 heterocycles. The van der Waals surface area contributed by atoms with E-state index >= 15 is 0 Å². The molecule has 0 aliphatic rings. The molecule has 0 spiro atoms. The summed E-state index contributed by atoms with van der Waals surface area (Å²) in [7, 11) is 0. The Labute approximate surface area is 128 Å². The van der Waals surface area contributed by atoms with Crippen LogP contribution in [0.4, 0.5) is 18.9 Å². The number of rotatable bonds is 2. The minimum absolute atomic E-state index is 0.315. The van der Waals surface area contributed by atoms with Crippen molar-refractivity contribution in [2.75, 3.05) is 5.32 Å². The van der Waals surface area contributed by atoms with Gasteiger partial charge in [-0.25, -0.2) is 0 Å². The second-order valence-electron chi connectivity index (χ2n) is 4.49. The number of nitrogens with one attached hydrogen (secondary N) is 1. The second kappa shape index (κ2) is 5.89. The number of aryl methyl sites for hydroxylation is 1. The lowest BCUT2D eigenvalue weighted by molar-refractivity contribution is -0.137. The van der Waals surface area contributed by atoms with Crippen molar-refractivity contribution in [3.05, 3.63) is 63.6 Å². The van der Waals surface area contributed by atoms with E-state index < -0.39 is 11.7 Å². The molecule has 110 valence electrons. The molecule has 0 atom stereocenters. The molecule has 2 rings (SSSR count). The van der Waals surface area contributed by atoms with Crippen molar-refractivity contribution in [2.24, 2.45) is 0 Å². The number of alkyl halides is 3. The summed E-state index contributed by atoms with van der Waals surface area (Å²) in [5, 5.41) is 2.58. The number of hydrogen-bond donors (Lipinski definition) is 1. The number of carbonyl (C=O) groups is 1. The summed E-state index contributed by atoms with van der Waals surface area (Å²) in [4.78, 5) is 12.1. The lowest BCUT2D eigenvalue weighted by Gasteiger charge is -2.10. The zero-order valence-electron chi connectivity index (χ0n) is 11.0. The van der Waals surface area contributed by atoms with E-state index in [9.17, 15) is 18.0 Å². The highest BCUT2D eigenvalue weighted by Crippen LogP contribution is 2.30. The normalized spacial score (nSPS) is 11.3. The van der Waals surface area contributed by atoms with Gasteiger partial charge in [0.25, 0.3) is 5.91 Å². The molecule has 1 amide bonds. The molecular formula is C15H11BrF3NO. The van der Waals surface area contributed by atoms with Gasteiger partial charge in [0.05, 0.1) is 5.56 Å². The summed E-state index contributed by atoms with van der Waals surface area (Å²) in [5.41, 5.74) is 0.808. The standard InChI is InChI=1S/C15H11BrF3NO/c1-9-8-11(16)4-7-13(9)14(21)20-12-5-2-10(3-6-12)15(17,18)19/h2-8H,1H3,(H,20,21). The monoisotopic (exact) mass is 357 g/mol. The highest BCUT2D eigenvalue weighted by molar-refractivity contribution is 9.10. The van der Waals surface area contributed by atoms with E-state index in [2.05, 4.69) is 21.2 Å². The Morgan fingerprint density at radius 2 is 1.71 bits per heavy atom. The van der Waals surface area contributed by atoms with Crippen LogP contribution in [-0.4, -0.2) is 5.91 Å². The first kappa shape index (κ1) is 15.6. The van der Waals surface area contributed by atoms with Crippen molar-refractivity contribution in [1.82, 2.24) is 0 Å². The van der Waals surface area contributed by atoms with Crippen LogP contribution in [0.1, 0.15) is 21.5 Å². The van der Waals surface area contributed by atoms with Gasteiger partial charge in [-0.05, 0) is 55.0 Å². The molecule has 2 aromatic carbocycles. The summed E-state index contributed by atoms with van der Waals surface area (Å²) in [6, 6.07) is 9.51. The molecule has 0 radical (unpaired) electrons. The van der Waals surface area contributed by atoms with E-state index in [4.69, 9.17) is 0 Å². The molecule has 0 bridgehead atoms. The molecule has 0 unspecified atom stereocenters. The maximum Gasteiger partial charge on any atom is 0.416 e. The molecule has 0 saturated heterocycles. The van der Waals surface area contributed by atoms with E-state index in [0.717, 1.165) is 22.2 Å². The first-order chi connectivity index (χ1) is 9.77. The minimum Gasteiger partial charge on any atom is -0.322 e. The fourth-order valence-electron chi connectivity index (χ4n) is 1.82. The molecule has 21 heavy (non-hydrogen) atoms. The van der Waals surface area contributed by atoms with Crippen LogP contribution in [0.2, 0.25) is 0 Å².